The maximum Gasteiger partial charge on any atom is 0.276 e. The number of carbonyl (C=O) groups is 1. The van der Waals surface area contributed by atoms with Gasteiger partial charge in [0.15, 0.2) is 5.69 Å². The quantitative estimate of drug-likeness (QED) is 0.714. The maximum atomic E-state index is 12.7. The van der Waals surface area contributed by atoms with Gasteiger partial charge in [0.2, 0.25) is 0 Å². The van der Waals surface area contributed by atoms with Gasteiger partial charge in [0.1, 0.15) is 0 Å². The zero-order chi connectivity index (χ0) is 17.9. The predicted molar refractivity (Wildman–Crippen MR) is 109 cm³/mol. The van der Waals surface area contributed by atoms with Crippen LogP contribution in [0.3, 0.4) is 0 Å². The minimum atomic E-state index is -0.335. The lowest BCUT2D eigenvalue weighted by atomic mass is 10.1. The van der Waals surface area contributed by atoms with E-state index in [9.17, 15) is 9.59 Å². The number of rotatable bonds is 3. The fourth-order valence-electron chi connectivity index (χ4n) is 2.92. The minimum Gasteiger partial charge on any atom is -0.321 e. The minimum absolute atomic E-state index is 0.215. The lowest BCUT2D eigenvalue weighted by Gasteiger charge is -2.21. The highest BCUT2D eigenvalue weighted by molar-refractivity contribution is 8.16. The van der Waals surface area contributed by atoms with E-state index in [0.29, 0.717) is 15.4 Å². The smallest absolute Gasteiger partial charge is 0.276 e. The maximum absolute atomic E-state index is 12.7. The molecule has 0 unspecified atom stereocenters. The molecule has 132 valence electrons. The van der Waals surface area contributed by atoms with Crippen LogP contribution in [-0.4, -0.2) is 27.6 Å². The molecule has 1 aliphatic heterocycles. The second-order valence-corrected chi connectivity index (χ2v) is 8.68. The Balaban J connectivity index is 1.61. The molecular formula is C19H17N3O2S2. The number of nitrogens with one attached hydrogen (secondary N) is 2. The molecule has 4 rings (SSSR count). The van der Waals surface area contributed by atoms with Gasteiger partial charge < -0.3 is 5.32 Å². The Bertz CT molecular complexity index is 1010. The molecule has 1 aromatic heterocycles. The number of H-pyrrole nitrogens is 1. The number of fused-ring (bicyclic) bond motifs is 1. The average molecular weight is 383 g/mol. The number of benzene rings is 2. The highest BCUT2D eigenvalue weighted by atomic mass is 32.2. The number of hydrogen-bond acceptors (Lipinski definition) is 5. The van der Waals surface area contributed by atoms with Crippen LogP contribution in [0.25, 0.3) is 10.8 Å². The molecule has 2 N–H and O–H groups in total. The topological polar surface area (TPSA) is 74.8 Å². The second kappa shape index (κ2) is 7.55. The van der Waals surface area contributed by atoms with Crippen LogP contribution in [-0.2, 0) is 0 Å². The van der Waals surface area contributed by atoms with Gasteiger partial charge in [-0.3, -0.25) is 9.59 Å². The Kier molecular flexibility index (Phi) is 4.99. The first kappa shape index (κ1) is 17.2. The van der Waals surface area contributed by atoms with Crippen LogP contribution in [0.2, 0.25) is 0 Å². The number of aromatic nitrogens is 2. The van der Waals surface area contributed by atoms with E-state index in [-0.39, 0.29) is 17.2 Å². The van der Waals surface area contributed by atoms with Crippen LogP contribution in [0.1, 0.15) is 27.1 Å². The van der Waals surface area contributed by atoms with Gasteiger partial charge in [-0.15, -0.1) is 23.5 Å². The number of hydrogen-bond donors (Lipinski definition) is 2. The molecule has 3 aromatic rings. The lowest BCUT2D eigenvalue weighted by molar-refractivity contribution is 0.102. The molecule has 2 aromatic carbocycles. The summed E-state index contributed by atoms with van der Waals surface area (Å²) in [4.78, 5) is 24.6. The first-order valence-electron chi connectivity index (χ1n) is 8.34. The Morgan fingerprint density at radius 2 is 1.85 bits per heavy atom. The van der Waals surface area contributed by atoms with Crippen molar-refractivity contribution in [1.82, 2.24) is 10.2 Å². The van der Waals surface area contributed by atoms with Crippen molar-refractivity contribution in [2.75, 3.05) is 16.8 Å². The summed E-state index contributed by atoms with van der Waals surface area (Å²) in [6.07, 6.45) is 1.24. The Morgan fingerprint density at radius 1 is 1.08 bits per heavy atom. The molecule has 0 bridgehead atoms. The van der Waals surface area contributed by atoms with Crippen LogP contribution >= 0.6 is 23.5 Å². The van der Waals surface area contributed by atoms with Crippen molar-refractivity contribution in [2.24, 2.45) is 0 Å². The van der Waals surface area contributed by atoms with Crippen LogP contribution in [0.15, 0.2) is 53.3 Å². The van der Waals surface area contributed by atoms with Gasteiger partial charge in [-0.25, -0.2) is 5.10 Å². The summed E-state index contributed by atoms with van der Waals surface area (Å²) in [5, 5.41) is 10.3. The Hall–Kier alpha value is -2.25. The zero-order valence-electron chi connectivity index (χ0n) is 13.9. The van der Waals surface area contributed by atoms with Gasteiger partial charge >= 0.3 is 0 Å². The third kappa shape index (κ3) is 3.50. The van der Waals surface area contributed by atoms with Gasteiger partial charge in [-0.2, -0.15) is 5.10 Å². The molecule has 1 amide bonds. The summed E-state index contributed by atoms with van der Waals surface area (Å²) >= 11 is 3.88. The summed E-state index contributed by atoms with van der Waals surface area (Å²) in [7, 11) is 0. The molecule has 0 saturated carbocycles. The van der Waals surface area contributed by atoms with Crippen molar-refractivity contribution >= 4 is 45.9 Å². The van der Waals surface area contributed by atoms with E-state index in [1.165, 1.54) is 23.5 Å². The van der Waals surface area contributed by atoms with E-state index in [4.69, 9.17) is 0 Å². The standard InChI is InChI=1S/C19H17N3O2S2/c23-17-15-8-2-1-7-14(15)16(21-22-17)18(24)20-13-6-3-5-12(11-13)19-25-9-4-10-26-19/h1-3,5-8,11,19H,4,9-10H2,(H,20,24)(H,22,23). The molecule has 26 heavy (non-hydrogen) atoms. The Morgan fingerprint density at radius 3 is 2.65 bits per heavy atom. The van der Waals surface area contributed by atoms with Crippen molar-refractivity contribution in [1.29, 1.82) is 0 Å². The molecule has 2 heterocycles. The molecule has 1 aliphatic rings. The highest BCUT2D eigenvalue weighted by Crippen LogP contribution is 2.44. The number of thioether (sulfide) groups is 2. The average Bonchev–Trinajstić information content (AvgIpc) is 2.69. The second-order valence-electron chi connectivity index (χ2n) is 5.95. The van der Waals surface area contributed by atoms with E-state index in [0.717, 1.165) is 5.69 Å². The molecule has 5 nitrogen and oxygen atoms in total. The molecule has 1 fully saturated rings. The number of carbonyl (C=O) groups excluding carboxylic acids is 1. The largest absolute Gasteiger partial charge is 0.321 e. The summed E-state index contributed by atoms with van der Waals surface area (Å²) in [6.45, 7) is 0. The summed E-state index contributed by atoms with van der Waals surface area (Å²) in [6, 6.07) is 14.9. The summed E-state index contributed by atoms with van der Waals surface area (Å²) in [5.74, 6) is 2.00. The lowest BCUT2D eigenvalue weighted by Crippen LogP contribution is -2.19. The molecule has 0 radical (unpaired) electrons. The molecular weight excluding hydrogens is 366 g/mol. The fourth-order valence-corrected chi connectivity index (χ4v) is 5.79. The van der Waals surface area contributed by atoms with Gasteiger partial charge in [-0.1, -0.05) is 30.3 Å². The van der Waals surface area contributed by atoms with E-state index >= 15 is 0 Å². The van der Waals surface area contributed by atoms with Crippen LogP contribution in [0.5, 0.6) is 0 Å². The van der Waals surface area contributed by atoms with Gasteiger partial charge in [0.25, 0.3) is 11.5 Å². The first-order valence-corrected chi connectivity index (χ1v) is 10.4. The number of aromatic amines is 1. The number of anilines is 1. The normalized spacial score (nSPS) is 15.1. The predicted octanol–water partition coefficient (Wildman–Crippen LogP) is 4.04. The van der Waals surface area contributed by atoms with Crippen LogP contribution in [0.4, 0.5) is 5.69 Å². The van der Waals surface area contributed by atoms with Crippen molar-refractivity contribution in [3.63, 3.8) is 0 Å². The number of nitrogens with zero attached hydrogens (tertiary/aromatic N) is 1. The highest BCUT2D eigenvalue weighted by Gasteiger charge is 2.18. The molecule has 0 aliphatic carbocycles. The molecule has 0 atom stereocenters. The molecule has 0 spiro atoms. The molecule has 7 heteroatoms. The number of amides is 1. The van der Waals surface area contributed by atoms with Gasteiger partial charge in [0.05, 0.1) is 9.97 Å². The summed E-state index contributed by atoms with van der Waals surface area (Å²) < 4.78 is 0.410. The van der Waals surface area contributed by atoms with E-state index in [1.807, 2.05) is 41.7 Å². The van der Waals surface area contributed by atoms with Crippen molar-refractivity contribution in [3.05, 3.63) is 70.1 Å². The third-order valence-electron chi connectivity index (χ3n) is 4.15. The van der Waals surface area contributed by atoms with Gasteiger partial charge in [0, 0.05) is 11.1 Å². The fraction of sp³-hybridized carbons (Fsp3) is 0.211. The first-order chi connectivity index (χ1) is 12.7. The van der Waals surface area contributed by atoms with Crippen molar-refractivity contribution < 1.29 is 4.79 Å². The monoisotopic (exact) mass is 383 g/mol. The van der Waals surface area contributed by atoms with Crippen molar-refractivity contribution in [3.8, 4) is 0 Å². The van der Waals surface area contributed by atoms with E-state index in [1.54, 1.807) is 24.3 Å². The SMILES string of the molecule is O=C(Nc1cccc(C2SCCCS2)c1)c1n[nH]c(=O)c2ccccc12. The van der Waals surface area contributed by atoms with Crippen LogP contribution in [0, 0.1) is 0 Å². The zero-order valence-corrected chi connectivity index (χ0v) is 15.5. The summed E-state index contributed by atoms with van der Waals surface area (Å²) in [5.41, 5.74) is 1.85. The van der Waals surface area contributed by atoms with Gasteiger partial charge in [-0.05, 0) is 41.7 Å². The third-order valence-corrected chi connectivity index (χ3v) is 7.17. The van der Waals surface area contributed by atoms with E-state index in [2.05, 4.69) is 21.6 Å². The van der Waals surface area contributed by atoms with E-state index < -0.39 is 0 Å². The Labute approximate surface area is 159 Å². The molecule has 1 saturated heterocycles. The van der Waals surface area contributed by atoms with Crippen LogP contribution < -0.4 is 10.9 Å². The van der Waals surface area contributed by atoms with Crippen molar-refractivity contribution in [2.45, 2.75) is 11.0 Å².